The first-order valence-electron chi connectivity index (χ1n) is 5.65. The van der Waals surface area contributed by atoms with E-state index >= 15 is 0 Å². The molecule has 1 aromatic rings. The lowest BCUT2D eigenvalue weighted by Crippen LogP contribution is -2.27. The largest absolute Gasteiger partial charge is 0.389 e. The molecular weight excluding hydrogens is 236 g/mol. The number of aromatic nitrogens is 2. The number of thiocarbonyl (C=S) groups is 1. The molecule has 6 heteroatoms. The summed E-state index contributed by atoms with van der Waals surface area (Å²) in [4.78, 5) is 2.65. The molecule has 1 aliphatic rings. The van der Waals surface area contributed by atoms with Gasteiger partial charge in [0.25, 0.3) is 0 Å². The van der Waals surface area contributed by atoms with Gasteiger partial charge in [0.05, 0.1) is 17.4 Å². The fourth-order valence-corrected chi connectivity index (χ4v) is 2.65. The van der Waals surface area contributed by atoms with Crippen LogP contribution in [0.3, 0.4) is 0 Å². The molecule has 17 heavy (non-hydrogen) atoms. The Morgan fingerprint density at radius 3 is 2.82 bits per heavy atom. The van der Waals surface area contributed by atoms with E-state index in [0.717, 1.165) is 36.6 Å². The van der Waals surface area contributed by atoms with E-state index in [2.05, 4.69) is 10.00 Å². The van der Waals surface area contributed by atoms with Gasteiger partial charge >= 0.3 is 0 Å². The van der Waals surface area contributed by atoms with Crippen molar-refractivity contribution in [3.8, 4) is 0 Å². The first kappa shape index (κ1) is 12.3. The minimum Gasteiger partial charge on any atom is -0.389 e. The predicted molar refractivity (Wildman–Crippen MR) is 71.5 cm³/mol. The zero-order chi connectivity index (χ0) is 12.6. The van der Waals surface area contributed by atoms with Crippen LogP contribution in [0, 0.1) is 6.92 Å². The quantitative estimate of drug-likeness (QED) is 0.800. The first-order valence-corrected chi connectivity index (χ1v) is 6.06. The van der Waals surface area contributed by atoms with Crippen molar-refractivity contribution >= 4 is 23.0 Å². The number of anilines is 1. The van der Waals surface area contributed by atoms with Gasteiger partial charge in [-0.1, -0.05) is 12.2 Å². The van der Waals surface area contributed by atoms with E-state index in [1.807, 2.05) is 18.7 Å². The van der Waals surface area contributed by atoms with E-state index in [-0.39, 0.29) is 6.10 Å². The summed E-state index contributed by atoms with van der Waals surface area (Å²) in [5, 5.41) is 4.39. The Hall–Kier alpha value is -1.14. The van der Waals surface area contributed by atoms with Gasteiger partial charge in [0.15, 0.2) is 0 Å². The maximum Gasteiger partial charge on any atom is 0.137 e. The van der Waals surface area contributed by atoms with E-state index < -0.39 is 0 Å². The van der Waals surface area contributed by atoms with Crippen molar-refractivity contribution in [1.82, 2.24) is 9.78 Å². The molecule has 5 nitrogen and oxygen atoms in total. The smallest absolute Gasteiger partial charge is 0.137 e. The summed E-state index contributed by atoms with van der Waals surface area (Å²) in [5.41, 5.74) is 7.56. The van der Waals surface area contributed by atoms with Gasteiger partial charge < -0.3 is 15.4 Å². The Balaban J connectivity index is 2.35. The number of nitrogens with zero attached hydrogens (tertiary/aromatic N) is 3. The third-order valence-electron chi connectivity index (χ3n) is 3.22. The highest BCUT2D eigenvalue weighted by Crippen LogP contribution is 2.27. The van der Waals surface area contributed by atoms with Crippen molar-refractivity contribution in [2.45, 2.75) is 19.4 Å². The second kappa shape index (κ2) is 4.62. The van der Waals surface area contributed by atoms with Crippen molar-refractivity contribution < 1.29 is 4.74 Å². The second-order valence-corrected chi connectivity index (χ2v) is 4.80. The third-order valence-corrected chi connectivity index (χ3v) is 3.42. The zero-order valence-corrected chi connectivity index (χ0v) is 11.3. The summed E-state index contributed by atoms with van der Waals surface area (Å²) in [6.45, 7) is 3.75. The summed E-state index contributed by atoms with van der Waals surface area (Å²) in [7, 11) is 3.67. The maximum atomic E-state index is 5.78. The van der Waals surface area contributed by atoms with Gasteiger partial charge in [-0.25, -0.2) is 0 Å². The lowest BCUT2D eigenvalue weighted by Gasteiger charge is -2.19. The average Bonchev–Trinajstić information content (AvgIpc) is 2.81. The fraction of sp³-hybridized carbons (Fsp3) is 0.636. The van der Waals surface area contributed by atoms with Crippen LogP contribution in [0.5, 0.6) is 0 Å². The van der Waals surface area contributed by atoms with Crippen LogP contribution in [-0.2, 0) is 11.8 Å². The normalized spacial score (nSPS) is 19.9. The Kier molecular flexibility index (Phi) is 3.35. The number of nitrogens with two attached hydrogens (primary N) is 1. The summed E-state index contributed by atoms with van der Waals surface area (Å²) in [6, 6.07) is 0. The van der Waals surface area contributed by atoms with Crippen molar-refractivity contribution in [1.29, 1.82) is 0 Å². The topological polar surface area (TPSA) is 56.3 Å². The molecule has 0 radical (unpaired) electrons. The van der Waals surface area contributed by atoms with Crippen molar-refractivity contribution in [2.24, 2.45) is 12.8 Å². The SMILES string of the molecule is COC1CCN(c2c(C(N)=S)c(C)nn2C)C1. The highest BCUT2D eigenvalue weighted by atomic mass is 32.1. The van der Waals surface area contributed by atoms with Crippen LogP contribution in [-0.4, -0.2) is 41.1 Å². The Bertz CT molecular complexity index is 443. The molecule has 0 saturated carbocycles. The zero-order valence-electron chi connectivity index (χ0n) is 10.4. The number of methoxy groups -OCH3 is 1. The average molecular weight is 254 g/mol. The van der Waals surface area contributed by atoms with Crippen LogP contribution in [0.15, 0.2) is 0 Å². The van der Waals surface area contributed by atoms with Crippen LogP contribution < -0.4 is 10.6 Å². The Morgan fingerprint density at radius 2 is 2.29 bits per heavy atom. The van der Waals surface area contributed by atoms with Crippen molar-refractivity contribution in [3.05, 3.63) is 11.3 Å². The van der Waals surface area contributed by atoms with E-state index in [0.29, 0.717) is 4.99 Å². The molecule has 0 bridgehead atoms. The Labute approximate surface area is 107 Å². The lowest BCUT2D eigenvalue weighted by atomic mass is 10.2. The number of aryl methyl sites for hydroxylation is 2. The third kappa shape index (κ3) is 2.14. The molecule has 1 unspecified atom stereocenters. The van der Waals surface area contributed by atoms with Gasteiger partial charge in [0, 0.05) is 27.2 Å². The van der Waals surface area contributed by atoms with E-state index in [9.17, 15) is 0 Å². The van der Waals surface area contributed by atoms with E-state index in [1.165, 1.54) is 0 Å². The molecule has 1 aliphatic heterocycles. The second-order valence-electron chi connectivity index (χ2n) is 4.36. The summed E-state index contributed by atoms with van der Waals surface area (Å²) < 4.78 is 7.22. The monoisotopic (exact) mass is 254 g/mol. The predicted octanol–water partition coefficient (Wildman–Crippen LogP) is 0.588. The highest BCUT2D eigenvalue weighted by Gasteiger charge is 2.28. The molecule has 0 aliphatic carbocycles. The molecule has 1 saturated heterocycles. The summed E-state index contributed by atoms with van der Waals surface area (Å²) in [6.07, 6.45) is 1.31. The molecule has 0 amide bonds. The van der Waals surface area contributed by atoms with Crippen molar-refractivity contribution in [2.75, 3.05) is 25.1 Å². The van der Waals surface area contributed by atoms with Gasteiger partial charge in [0.1, 0.15) is 10.8 Å². The molecule has 2 rings (SSSR count). The molecule has 94 valence electrons. The summed E-state index contributed by atoms with van der Waals surface area (Å²) in [5.74, 6) is 1.01. The minimum absolute atomic E-state index is 0.282. The van der Waals surface area contributed by atoms with E-state index in [4.69, 9.17) is 22.7 Å². The van der Waals surface area contributed by atoms with Crippen molar-refractivity contribution in [3.63, 3.8) is 0 Å². The molecule has 1 fully saturated rings. The van der Waals surface area contributed by atoms with Crippen LogP contribution in [0.25, 0.3) is 0 Å². The van der Waals surface area contributed by atoms with Gasteiger partial charge in [-0.05, 0) is 13.3 Å². The van der Waals surface area contributed by atoms with Gasteiger partial charge in [-0.15, -0.1) is 0 Å². The molecule has 0 aromatic carbocycles. The molecule has 0 spiro atoms. The van der Waals surface area contributed by atoms with Crippen LogP contribution >= 0.6 is 12.2 Å². The number of hydrogen-bond acceptors (Lipinski definition) is 4. The number of ether oxygens (including phenoxy) is 1. The molecule has 2 heterocycles. The van der Waals surface area contributed by atoms with Crippen LogP contribution in [0.1, 0.15) is 17.7 Å². The van der Waals surface area contributed by atoms with Crippen LogP contribution in [0.4, 0.5) is 5.82 Å². The standard InChI is InChI=1S/C11H18N4OS/c1-7-9(10(12)17)11(14(2)13-7)15-5-4-8(6-15)16-3/h8H,4-6H2,1-3H3,(H2,12,17). The van der Waals surface area contributed by atoms with Gasteiger partial charge in [-0.3, -0.25) is 4.68 Å². The molecule has 2 N–H and O–H groups in total. The highest BCUT2D eigenvalue weighted by molar-refractivity contribution is 7.80. The molecule has 1 aromatic heterocycles. The minimum atomic E-state index is 0.282. The Morgan fingerprint density at radius 1 is 1.59 bits per heavy atom. The fourth-order valence-electron chi connectivity index (χ4n) is 2.41. The number of hydrogen-bond donors (Lipinski definition) is 1. The van der Waals surface area contributed by atoms with Gasteiger partial charge in [0.2, 0.25) is 0 Å². The van der Waals surface area contributed by atoms with Crippen LogP contribution in [0.2, 0.25) is 0 Å². The van der Waals surface area contributed by atoms with E-state index in [1.54, 1.807) is 7.11 Å². The number of rotatable bonds is 3. The molecular formula is C11H18N4OS. The lowest BCUT2D eigenvalue weighted by molar-refractivity contribution is 0.121. The van der Waals surface area contributed by atoms with Gasteiger partial charge in [-0.2, -0.15) is 5.10 Å². The molecule has 1 atom stereocenters. The summed E-state index contributed by atoms with van der Waals surface area (Å²) >= 11 is 5.11. The maximum absolute atomic E-state index is 5.78. The first-order chi connectivity index (χ1) is 8.04.